The maximum Gasteiger partial charge on any atom is 0.308 e. The van der Waals surface area contributed by atoms with Crippen LogP contribution in [0.4, 0.5) is 5.69 Å². The molecule has 3 N–H and O–H groups in total. The summed E-state index contributed by atoms with van der Waals surface area (Å²) in [7, 11) is 1.25. The van der Waals surface area contributed by atoms with Gasteiger partial charge >= 0.3 is 5.97 Å². The first kappa shape index (κ1) is 15.8. The molecule has 2 atom stereocenters. The second-order valence-electron chi connectivity index (χ2n) is 5.12. The molecule has 6 nitrogen and oxygen atoms in total. The van der Waals surface area contributed by atoms with E-state index in [1.54, 1.807) is 12.1 Å². The minimum atomic E-state index is -1.16. The van der Waals surface area contributed by atoms with Gasteiger partial charge < -0.3 is 25.2 Å². The lowest BCUT2D eigenvalue weighted by Gasteiger charge is -2.29. The minimum absolute atomic E-state index is 0.225. The number of rotatable bonds is 5. The van der Waals surface area contributed by atoms with E-state index in [-0.39, 0.29) is 6.42 Å². The van der Waals surface area contributed by atoms with Crippen LogP contribution in [0.15, 0.2) is 24.3 Å². The monoisotopic (exact) mass is 294 g/mol. The zero-order valence-electron chi connectivity index (χ0n) is 12.2. The molecule has 2 unspecified atom stereocenters. The number of aliphatic hydroxyl groups is 2. The number of ether oxygens (including phenoxy) is 1. The Hall–Kier alpha value is -1.63. The Balaban J connectivity index is 1.98. The number of methoxy groups -OCH3 is 1. The largest absolute Gasteiger partial charge is 0.469 e. The molecule has 0 saturated carbocycles. The first-order valence-electron chi connectivity index (χ1n) is 7.10. The van der Waals surface area contributed by atoms with Gasteiger partial charge in [-0.25, -0.2) is 0 Å². The number of nitrogens with one attached hydrogen (secondary N) is 1. The highest BCUT2D eigenvalue weighted by Gasteiger charge is 2.22. The summed E-state index contributed by atoms with van der Waals surface area (Å²) in [5, 5.41) is 23.2. The lowest BCUT2D eigenvalue weighted by Crippen LogP contribution is -2.43. The third kappa shape index (κ3) is 4.17. The minimum Gasteiger partial charge on any atom is -0.469 e. The van der Waals surface area contributed by atoms with Crippen LogP contribution in [0.3, 0.4) is 0 Å². The van der Waals surface area contributed by atoms with Gasteiger partial charge in [-0.2, -0.15) is 0 Å². The molecule has 0 spiro atoms. The fraction of sp³-hybridized carbons (Fsp3) is 0.533. The van der Waals surface area contributed by atoms with Crippen LogP contribution in [-0.4, -0.2) is 55.6 Å². The average Bonchev–Trinajstić information content (AvgIpc) is 2.55. The van der Waals surface area contributed by atoms with Crippen molar-refractivity contribution in [1.82, 2.24) is 5.32 Å². The number of carbonyl (C=O) groups excluding carboxylic acids is 1. The molecule has 1 aromatic carbocycles. The lowest BCUT2D eigenvalue weighted by atomic mass is 10.0. The molecule has 1 aromatic rings. The van der Waals surface area contributed by atoms with Crippen LogP contribution >= 0.6 is 0 Å². The number of hydrogen-bond acceptors (Lipinski definition) is 6. The zero-order valence-corrected chi connectivity index (χ0v) is 12.2. The highest BCUT2D eigenvalue weighted by atomic mass is 16.5. The molecule has 1 heterocycles. The summed E-state index contributed by atoms with van der Waals surface area (Å²) in [6.45, 7) is 3.82. The number of carbonyl (C=O) groups is 1. The summed E-state index contributed by atoms with van der Waals surface area (Å²) in [5.41, 5.74) is 1.68. The molecule has 1 aliphatic rings. The molecule has 0 aliphatic carbocycles. The van der Waals surface area contributed by atoms with E-state index in [0.29, 0.717) is 5.56 Å². The number of hydrogen-bond donors (Lipinski definition) is 3. The number of aliphatic hydroxyl groups excluding tert-OH is 2. The highest BCUT2D eigenvalue weighted by Crippen LogP contribution is 2.23. The smallest absolute Gasteiger partial charge is 0.308 e. The van der Waals surface area contributed by atoms with Crippen LogP contribution < -0.4 is 10.2 Å². The fourth-order valence-electron chi connectivity index (χ4n) is 2.39. The van der Waals surface area contributed by atoms with E-state index in [9.17, 15) is 15.0 Å². The first-order chi connectivity index (χ1) is 10.1. The van der Waals surface area contributed by atoms with Crippen molar-refractivity contribution < 1.29 is 19.7 Å². The van der Waals surface area contributed by atoms with Gasteiger partial charge in [-0.05, 0) is 17.7 Å². The molecule has 0 bridgehead atoms. The van der Waals surface area contributed by atoms with Crippen molar-refractivity contribution in [2.75, 3.05) is 38.2 Å². The van der Waals surface area contributed by atoms with Crippen molar-refractivity contribution in [2.45, 2.75) is 18.6 Å². The summed E-state index contributed by atoms with van der Waals surface area (Å²) in [4.78, 5) is 13.4. The Kier molecular flexibility index (Phi) is 5.55. The van der Waals surface area contributed by atoms with E-state index in [1.165, 1.54) is 7.11 Å². The summed E-state index contributed by atoms with van der Waals surface area (Å²) in [5.74, 6) is -0.543. The molecule has 1 aliphatic heterocycles. The normalized spacial score (nSPS) is 18.1. The van der Waals surface area contributed by atoms with Crippen molar-refractivity contribution in [3.05, 3.63) is 29.8 Å². The highest BCUT2D eigenvalue weighted by molar-refractivity contribution is 5.69. The van der Waals surface area contributed by atoms with E-state index < -0.39 is 18.2 Å². The van der Waals surface area contributed by atoms with Gasteiger partial charge in [0.05, 0.1) is 19.6 Å². The number of esters is 1. The molecule has 6 heteroatoms. The van der Waals surface area contributed by atoms with Crippen molar-refractivity contribution in [3.8, 4) is 0 Å². The van der Waals surface area contributed by atoms with E-state index in [1.807, 2.05) is 12.1 Å². The van der Waals surface area contributed by atoms with E-state index in [0.717, 1.165) is 31.9 Å². The molecular weight excluding hydrogens is 272 g/mol. The van der Waals surface area contributed by atoms with E-state index >= 15 is 0 Å². The number of nitrogens with zero attached hydrogens (tertiary/aromatic N) is 1. The SMILES string of the molecule is COC(=O)CC(O)C(O)c1ccc(N2CCNCC2)cc1. The van der Waals surface area contributed by atoms with Gasteiger partial charge in [0.2, 0.25) is 0 Å². The molecule has 1 fully saturated rings. The first-order valence-corrected chi connectivity index (χ1v) is 7.10. The Labute approximate surface area is 124 Å². The topological polar surface area (TPSA) is 82.0 Å². The molecule has 21 heavy (non-hydrogen) atoms. The second kappa shape index (κ2) is 7.40. The summed E-state index contributed by atoms with van der Waals surface area (Å²) in [6, 6.07) is 7.41. The Morgan fingerprint density at radius 3 is 2.48 bits per heavy atom. The Morgan fingerprint density at radius 1 is 1.29 bits per heavy atom. The van der Waals surface area contributed by atoms with Gasteiger partial charge in [-0.3, -0.25) is 4.79 Å². The maximum atomic E-state index is 11.1. The van der Waals surface area contributed by atoms with Crippen LogP contribution in [0.5, 0.6) is 0 Å². The molecule has 0 radical (unpaired) electrons. The van der Waals surface area contributed by atoms with Crippen LogP contribution in [-0.2, 0) is 9.53 Å². The quantitative estimate of drug-likeness (QED) is 0.666. The number of piperazine rings is 1. The molecule has 0 aromatic heterocycles. The van der Waals surface area contributed by atoms with Gasteiger partial charge in [0.1, 0.15) is 6.10 Å². The standard InChI is InChI=1S/C15H22N2O4/c1-21-14(19)10-13(18)15(20)11-2-4-12(5-3-11)17-8-6-16-7-9-17/h2-5,13,15-16,18,20H,6-10H2,1H3. The molecule has 1 saturated heterocycles. The molecule has 2 rings (SSSR count). The van der Waals surface area contributed by atoms with Crippen molar-refractivity contribution in [1.29, 1.82) is 0 Å². The van der Waals surface area contributed by atoms with Gasteiger partial charge in [0.15, 0.2) is 0 Å². The zero-order chi connectivity index (χ0) is 15.2. The Bertz CT molecular complexity index is 457. The number of benzene rings is 1. The molecular formula is C15H22N2O4. The third-order valence-electron chi connectivity index (χ3n) is 3.68. The van der Waals surface area contributed by atoms with E-state index in [4.69, 9.17) is 0 Å². The predicted molar refractivity (Wildman–Crippen MR) is 79.1 cm³/mol. The van der Waals surface area contributed by atoms with Crippen LogP contribution in [0.1, 0.15) is 18.1 Å². The predicted octanol–water partition coefficient (Wildman–Crippen LogP) is 0.0536. The maximum absolute atomic E-state index is 11.1. The number of anilines is 1. The average molecular weight is 294 g/mol. The van der Waals surface area contributed by atoms with Crippen LogP contribution in [0, 0.1) is 0 Å². The second-order valence-corrected chi connectivity index (χ2v) is 5.12. The van der Waals surface area contributed by atoms with Gasteiger partial charge in [-0.1, -0.05) is 12.1 Å². The van der Waals surface area contributed by atoms with Crippen molar-refractivity contribution in [2.24, 2.45) is 0 Å². The summed E-state index contributed by atoms with van der Waals surface area (Å²) in [6.07, 6.45) is -2.49. The fourth-order valence-corrected chi connectivity index (χ4v) is 2.39. The molecule has 0 amide bonds. The van der Waals surface area contributed by atoms with E-state index in [2.05, 4.69) is 15.0 Å². The van der Waals surface area contributed by atoms with Crippen LogP contribution in [0.25, 0.3) is 0 Å². The molecule has 116 valence electrons. The summed E-state index contributed by atoms with van der Waals surface area (Å²) < 4.78 is 4.48. The van der Waals surface area contributed by atoms with Crippen molar-refractivity contribution >= 4 is 11.7 Å². The third-order valence-corrected chi connectivity index (χ3v) is 3.68. The van der Waals surface area contributed by atoms with Gasteiger partial charge in [0, 0.05) is 31.9 Å². The van der Waals surface area contributed by atoms with Gasteiger partial charge in [0.25, 0.3) is 0 Å². The van der Waals surface area contributed by atoms with Crippen LogP contribution in [0.2, 0.25) is 0 Å². The van der Waals surface area contributed by atoms with Gasteiger partial charge in [-0.15, -0.1) is 0 Å². The van der Waals surface area contributed by atoms with Crippen molar-refractivity contribution in [3.63, 3.8) is 0 Å². The summed E-state index contributed by atoms with van der Waals surface area (Å²) >= 11 is 0. The lowest BCUT2D eigenvalue weighted by molar-refractivity contribution is -0.144. The Morgan fingerprint density at radius 2 is 1.90 bits per heavy atom.